The number of carbonyl (C=O) groups is 1. The molecule has 1 saturated heterocycles. The summed E-state index contributed by atoms with van der Waals surface area (Å²) >= 11 is 1.69. The van der Waals surface area contributed by atoms with E-state index in [1.807, 2.05) is 31.2 Å². The fourth-order valence-corrected chi connectivity index (χ4v) is 3.54. The van der Waals surface area contributed by atoms with Gasteiger partial charge < -0.3 is 15.0 Å². The number of nitrogens with one attached hydrogen (secondary N) is 1. The molecule has 0 bridgehead atoms. The second-order valence-corrected chi connectivity index (χ2v) is 6.61. The minimum Gasteiger partial charge on any atom is -0.378 e. The van der Waals surface area contributed by atoms with Crippen molar-refractivity contribution < 1.29 is 9.53 Å². The Morgan fingerprint density at radius 1 is 1.30 bits per heavy atom. The van der Waals surface area contributed by atoms with E-state index in [2.05, 4.69) is 27.0 Å². The fraction of sp³-hybridized carbons (Fsp3) is 0.389. The average molecular weight is 330 g/mol. The highest BCUT2D eigenvalue weighted by atomic mass is 32.1. The molecule has 1 aliphatic rings. The zero-order valence-corrected chi connectivity index (χ0v) is 14.1. The van der Waals surface area contributed by atoms with Gasteiger partial charge in [-0.3, -0.25) is 4.79 Å². The summed E-state index contributed by atoms with van der Waals surface area (Å²) < 4.78 is 5.40. The number of amides is 1. The van der Waals surface area contributed by atoms with Gasteiger partial charge in [0.2, 0.25) is 0 Å². The summed E-state index contributed by atoms with van der Waals surface area (Å²) in [5, 5.41) is 7.32. The predicted molar refractivity (Wildman–Crippen MR) is 94.4 cm³/mol. The molecule has 1 aromatic carbocycles. The Morgan fingerprint density at radius 2 is 2.09 bits per heavy atom. The van der Waals surface area contributed by atoms with Crippen LogP contribution in [0.25, 0.3) is 0 Å². The minimum absolute atomic E-state index is 0.00479. The molecule has 122 valence electrons. The maximum atomic E-state index is 12.7. The molecule has 1 aromatic heterocycles. The third-order valence-corrected chi connectivity index (χ3v) is 4.73. The first-order valence-corrected chi connectivity index (χ1v) is 8.92. The van der Waals surface area contributed by atoms with E-state index in [0.717, 1.165) is 30.8 Å². The van der Waals surface area contributed by atoms with Gasteiger partial charge in [-0.2, -0.15) is 11.3 Å². The van der Waals surface area contributed by atoms with Crippen molar-refractivity contribution in [3.8, 4) is 0 Å². The van der Waals surface area contributed by atoms with Gasteiger partial charge in [-0.15, -0.1) is 0 Å². The van der Waals surface area contributed by atoms with Crippen LogP contribution >= 0.6 is 11.3 Å². The van der Waals surface area contributed by atoms with Crippen LogP contribution in [0.1, 0.15) is 22.8 Å². The smallest absolute Gasteiger partial charge is 0.253 e. The van der Waals surface area contributed by atoms with Crippen molar-refractivity contribution in [1.29, 1.82) is 0 Å². The number of benzene rings is 1. The molecule has 23 heavy (non-hydrogen) atoms. The standard InChI is InChI=1S/C18H22N2O2S/c1-14(12-15-6-11-23-13-15)19-18(21)16-4-2-3-5-17(16)20-7-9-22-10-8-20/h2-6,11,13-14H,7-10,12H2,1H3,(H,19,21)/t14-/m1/s1. The first kappa shape index (κ1) is 16.0. The summed E-state index contributed by atoms with van der Waals surface area (Å²) in [7, 11) is 0. The third kappa shape index (κ3) is 4.12. The molecular weight excluding hydrogens is 308 g/mol. The van der Waals surface area contributed by atoms with E-state index in [9.17, 15) is 4.79 Å². The van der Waals surface area contributed by atoms with Crippen molar-refractivity contribution >= 4 is 22.9 Å². The normalized spacial score (nSPS) is 16.1. The molecule has 0 saturated carbocycles. The van der Waals surface area contributed by atoms with E-state index >= 15 is 0 Å². The van der Waals surface area contributed by atoms with Gasteiger partial charge in [0.05, 0.1) is 18.8 Å². The summed E-state index contributed by atoms with van der Waals surface area (Å²) in [6, 6.07) is 10.0. The zero-order chi connectivity index (χ0) is 16.1. The SMILES string of the molecule is C[C@H](Cc1ccsc1)NC(=O)c1ccccc1N1CCOCC1. The second kappa shape index (κ2) is 7.62. The van der Waals surface area contributed by atoms with E-state index in [-0.39, 0.29) is 11.9 Å². The molecule has 2 aromatic rings. The quantitative estimate of drug-likeness (QED) is 0.916. The molecular formula is C18H22N2O2S. The Kier molecular flexibility index (Phi) is 5.31. The van der Waals surface area contributed by atoms with Crippen LogP contribution in [0.4, 0.5) is 5.69 Å². The van der Waals surface area contributed by atoms with E-state index < -0.39 is 0 Å². The number of hydrogen-bond donors (Lipinski definition) is 1. The molecule has 1 atom stereocenters. The lowest BCUT2D eigenvalue weighted by Gasteiger charge is -2.30. The van der Waals surface area contributed by atoms with E-state index in [0.29, 0.717) is 13.2 Å². The van der Waals surface area contributed by atoms with Crippen molar-refractivity contribution in [2.75, 3.05) is 31.2 Å². The van der Waals surface area contributed by atoms with Crippen molar-refractivity contribution in [2.24, 2.45) is 0 Å². The predicted octanol–water partition coefficient (Wildman–Crippen LogP) is 2.95. The number of nitrogens with zero attached hydrogens (tertiary/aromatic N) is 1. The number of ether oxygens (including phenoxy) is 1. The van der Waals surface area contributed by atoms with Crippen LogP contribution in [-0.2, 0) is 11.2 Å². The highest BCUT2D eigenvalue weighted by Gasteiger charge is 2.19. The first-order valence-electron chi connectivity index (χ1n) is 7.97. The maximum absolute atomic E-state index is 12.7. The van der Waals surface area contributed by atoms with Gasteiger partial charge >= 0.3 is 0 Å². The molecule has 3 rings (SSSR count). The molecule has 0 spiro atoms. The molecule has 1 aliphatic heterocycles. The minimum atomic E-state index is -0.00479. The van der Waals surface area contributed by atoms with Gasteiger partial charge in [-0.05, 0) is 47.9 Å². The lowest BCUT2D eigenvalue weighted by Crippen LogP contribution is -2.39. The van der Waals surface area contributed by atoms with Gasteiger partial charge in [0, 0.05) is 24.8 Å². The van der Waals surface area contributed by atoms with E-state index in [1.165, 1.54) is 5.56 Å². The molecule has 2 heterocycles. The molecule has 1 N–H and O–H groups in total. The van der Waals surface area contributed by atoms with Gasteiger partial charge in [-0.25, -0.2) is 0 Å². The van der Waals surface area contributed by atoms with Crippen LogP contribution in [0.3, 0.4) is 0 Å². The highest BCUT2D eigenvalue weighted by Crippen LogP contribution is 2.21. The molecule has 0 unspecified atom stereocenters. The summed E-state index contributed by atoms with van der Waals surface area (Å²) in [4.78, 5) is 14.9. The summed E-state index contributed by atoms with van der Waals surface area (Å²) in [6.45, 7) is 5.13. The Labute approximate surface area is 141 Å². The largest absolute Gasteiger partial charge is 0.378 e. The number of anilines is 1. The Bertz CT molecular complexity index is 636. The lowest BCUT2D eigenvalue weighted by atomic mass is 10.1. The van der Waals surface area contributed by atoms with E-state index in [1.54, 1.807) is 11.3 Å². The molecule has 1 amide bonds. The topological polar surface area (TPSA) is 41.6 Å². The molecule has 1 fully saturated rings. The number of thiophene rings is 1. The summed E-state index contributed by atoms with van der Waals surface area (Å²) in [6.07, 6.45) is 0.856. The summed E-state index contributed by atoms with van der Waals surface area (Å²) in [5.74, 6) is -0.00479. The van der Waals surface area contributed by atoms with Crippen LogP contribution in [0, 0.1) is 0 Å². The zero-order valence-electron chi connectivity index (χ0n) is 13.3. The molecule has 5 heteroatoms. The Balaban J connectivity index is 1.69. The van der Waals surface area contributed by atoms with Crippen molar-refractivity contribution in [2.45, 2.75) is 19.4 Å². The summed E-state index contributed by atoms with van der Waals surface area (Å²) in [5.41, 5.74) is 3.01. The number of carbonyl (C=O) groups excluding carboxylic acids is 1. The first-order chi connectivity index (χ1) is 11.2. The number of rotatable bonds is 5. The van der Waals surface area contributed by atoms with Crippen LogP contribution in [0.15, 0.2) is 41.1 Å². The van der Waals surface area contributed by atoms with Crippen LogP contribution < -0.4 is 10.2 Å². The monoisotopic (exact) mass is 330 g/mol. The van der Waals surface area contributed by atoms with Crippen LogP contribution in [0.5, 0.6) is 0 Å². The van der Waals surface area contributed by atoms with E-state index in [4.69, 9.17) is 4.74 Å². The Hall–Kier alpha value is -1.85. The number of para-hydroxylation sites is 1. The number of morpholine rings is 1. The highest BCUT2D eigenvalue weighted by molar-refractivity contribution is 7.07. The van der Waals surface area contributed by atoms with Gasteiger partial charge in [-0.1, -0.05) is 12.1 Å². The van der Waals surface area contributed by atoms with Gasteiger partial charge in [0.15, 0.2) is 0 Å². The van der Waals surface area contributed by atoms with Gasteiger partial charge in [0.1, 0.15) is 0 Å². The second-order valence-electron chi connectivity index (χ2n) is 5.83. The van der Waals surface area contributed by atoms with Crippen molar-refractivity contribution in [1.82, 2.24) is 5.32 Å². The van der Waals surface area contributed by atoms with Crippen LogP contribution in [0.2, 0.25) is 0 Å². The molecule has 0 radical (unpaired) electrons. The lowest BCUT2D eigenvalue weighted by molar-refractivity contribution is 0.0938. The maximum Gasteiger partial charge on any atom is 0.253 e. The Morgan fingerprint density at radius 3 is 2.83 bits per heavy atom. The average Bonchev–Trinajstić information content (AvgIpc) is 3.08. The molecule has 4 nitrogen and oxygen atoms in total. The third-order valence-electron chi connectivity index (χ3n) is 4.00. The van der Waals surface area contributed by atoms with Crippen molar-refractivity contribution in [3.05, 3.63) is 52.2 Å². The van der Waals surface area contributed by atoms with Gasteiger partial charge in [0.25, 0.3) is 5.91 Å². The number of hydrogen-bond acceptors (Lipinski definition) is 4. The van der Waals surface area contributed by atoms with Crippen molar-refractivity contribution in [3.63, 3.8) is 0 Å². The fourth-order valence-electron chi connectivity index (χ4n) is 2.86. The van der Waals surface area contributed by atoms with Crippen LogP contribution in [-0.4, -0.2) is 38.3 Å². The molecule has 0 aliphatic carbocycles.